The first-order valence-electron chi connectivity index (χ1n) is 10.3. The lowest BCUT2D eigenvalue weighted by Crippen LogP contribution is -2.44. The third kappa shape index (κ3) is 3.46. The Kier molecular flexibility index (Phi) is 5.01. The number of piperidine rings is 1. The number of aromatic nitrogens is 3. The van der Waals surface area contributed by atoms with E-state index in [2.05, 4.69) is 17.1 Å². The zero-order valence-electron chi connectivity index (χ0n) is 17.8. The third-order valence-electron chi connectivity index (χ3n) is 5.83. The van der Waals surface area contributed by atoms with Crippen LogP contribution in [0.15, 0.2) is 29.6 Å². The fourth-order valence-corrected chi connectivity index (χ4v) is 5.15. The van der Waals surface area contributed by atoms with Gasteiger partial charge >= 0.3 is 6.09 Å². The minimum atomic E-state index is -0.822. The van der Waals surface area contributed by atoms with E-state index in [0.29, 0.717) is 36.3 Å². The van der Waals surface area contributed by atoms with Crippen molar-refractivity contribution in [1.29, 1.82) is 0 Å². The molecule has 0 aliphatic carbocycles. The number of thiophene rings is 1. The molecule has 10 heteroatoms. The molecule has 0 bridgehead atoms. The van der Waals surface area contributed by atoms with Crippen molar-refractivity contribution in [3.05, 3.63) is 35.2 Å². The van der Waals surface area contributed by atoms with E-state index in [1.165, 1.54) is 0 Å². The fraction of sp³-hybridized carbons (Fsp3) is 0.318. The summed E-state index contributed by atoms with van der Waals surface area (Å²) >= 11 is 1.64. The Hall–Kier alpha value is -3.53. The molecule has 1 atom stereocenters. The zero-order chi connectivity index (χ0) is 22.4. The normalized spacial score (nSPS) is 16.6. The van der Waals surface area contributed by atoms with Gasteiger partial charge in [-0.15, -0.1) is 11.3 Å². The molecule has 3 N–H and O–H groups in total. The Balaban J connectivity index is 1.51. The molecule has 166 valence electrons. The molecule has 1 aromatic carbocycles. The number of methoxy groups -OCH3 is 1. The molecule has 9 nitrogen and oxygen atoms in total. The van der Waals surface area contributed by atoms with Crippen LogP contribution < -0.4 is 10.5 Å². The Morgan fingerprint density at radius 2 is 2.16 bits per heavy atom. The van der Waals surface area contributed by atoms with Crippen molar-refractivity contribution in [2.45, 2.75) is 18.9 Å². The van der Waals surface area contributed by atoms with Crippen LogP contribution in [-0.4, -0.2) is 57.7 Å². The number of amides is 2. The number of hydrogen-bond donors (Lipinski definition) is 2. The summed E-state index contributed by atoms with van der Waals surface area (Å²) in [7, 11) is 3.51. The van der Waals surface area contributed by atoms with Crippen LogP contribution in [-0.2, 0) is 11.8 Å². The van der Waals surface area contributed by atoms with Gasteiger partial charge in [0.1, 0.15) is 22.2 Å². The number of hydrogen-bond acceptors (Lipinski definition) is 6. The average molecular weight is 454 g/mol. The summed E-state index contributed by atoms with van der Waals surface area (Å²) in [4.78, 5) is 35.3. The quantitative estimate of drug-likeness (QED) is 0.491. The highest BCUT2D eigenvalue weighted by Gasteiger charge is 2.28. The highest BCUT2D eigenvalue weighted by molar-refractivity contribution is 7.16. The van der Waals surface area contributed by atoms with E-state index in [-0.39, 0.29) is 12.0 Å². The Labute approximate surface area is 187 Å². The number of nitrogens with zero attached hydrogens (tertiary/aromatic N) is 3. The van der Waals surface area contributed by atoms with Crippen molar-refractivity contribution >= 4 is 44.6 Å². The van der Waals surface area contributed by atoms with Gasteiger partial charge in [0, 0.05) is 24.5 Å². The summed E-state index contributed by atoms with van der Waals surface area (Å²) in [6, 6.07) is 7.65. The van der Waals surface area contributed by atoms with Gasteiger partial charge in [0.25, 0.3) is 5.91 Å². The molecule has 1 saturated heterocycles. The van der Waals surface area contributed by atoms with Crippen molar-refractivity contribution in [3.8, 4) is 17.3 Å². The molecule has 0 saturated carbocycles. The van der Waals surface area contributed by atoms with Gasteiger partial charge < -0.3 is 29.7 Å². The number of H-pyrrole nitrogens is 1. The van der Waals surface area contributed by atoms with Crippen molar-refractivity contribution < 1.29 is 19.1 Å². The molecular formula is C22H23N5O4S. The molecule has 3 aromatic heterocycles. The number of primary amides is 1. The van der Waals surface area contributed by atoms with E-state index < -0.39 is 6.09 Å². The number of carbonyl (C=O) groups excluding carboxylic acids is 2. The van der Waals surface area contributed by atoms with Crippen LogP contribution in [0.1, 0.15) is 23.2 Å². The lowest BCUT2D eigenvalue weighted by atomic mass is 10.1. The van der Waals surface area contributed by atoms with Gasteiger partial charge in [-0.1, -0.05) is 0 Å². The highest BCUT2D eigenvalue weighted by Crippen LogP contribution is 2.34. The van der Waals surface area contributed by atoms with Crippen LogP contribution in [0.2, 0.25) is 0 Å². The smallest absolute Gasteiger partial charge is 0.404 e. The number of ether oxygens (including phenoxy) is 2. The molecule has 4 heterocycles. The number of nitrogens with one attached hydrogen (secondary N) is 1. The van der Waals surface area contributed by atoms with Gasteiger partial charge in [-0.2, -0.15) is 0 Å². The number of nitrogens with two attached hydrogens (primary N) is 1. The second kappa shape index (κ2) is 7.86. The van der Waals surface area contributed by atoms with E-state index in [4.69, 9.17) is 20.2 Å². The molecule has 5 rings (SSSR count). The summed E-state index contributed by atoms with van der Waals surface area (Å²) < 4.78 is 12.7. The van der Waals surface area contributed by atoms with E-state index >= 15 is 0 Å². The van der Waals surface area contributed by atoms with Crippen LogP contribution in [0.4, 0.5) is 4.79 Å². The molecule has 0 radical (unpaired) electrons. The number of likely N-dealkylation sites (tertiary alicyclic amines) is 1. The summed E-state index contributed by atoms with van der Waals surface area (Å²) in [6.07, 6.45) is 0.212. The van der Waals surface area contributed by atoms with Gasteiger partial charge in [-0.25, -0.2) is 9.78 Å². The first-order valence-corrected chi connectivity index (χ1v) is 11.2. The SMILES string of the molecule is COc1cc(C(=O)N2CCC[C@@H](OC(N)=O)C2)cc2nc(-c3cc4ccsc4[nH]3)n(C)c12. The number of aromatic amines is 1. The minimum Gasteiger partial charge on any atom is -0.494 e. The molecule has 1 fully saturated rings. The molecule has 1 aliphatic heterocycles. The van der Waals surface area contributed by atoms with Crippen LogP contribution in [0.5, 0.6) is 5.75 Å². The summed E-state index contributed by atoms with van der Waals surface area (Å²) in [5.41, 5.74) is 8.01. The number of carbonyl (C=O) groups is 2. The Bertz CT molecular complexity index is 1310. The average Bonchev–Trinajstić information content (AvgIpc) is 3.46. The largest absolute Gasteiger partial charge is 0.494 e. The molecule has 0 unspecified atom stereocenters. The maximum absolute atomic E-state index is 13.2. The third-order valence-corrected chi connectivity index (χ3v) is 6.68. The minimum absolute atomic E-state index is 0.157. The zero-order valence-corrected chi connectivity index (χ0v) is 18.6. The number of fused-ring (bicyclic) bond motifs is 2. The van der Waals surface area contributed by atoms with Crippen LogP contribution in [0, 0.1) is 0 Å². The monoisotopic (exact) mass is 453 g/mol. The van der Waals surface area contributed by atoms with Crippen molar-refractivity contribution in [3.63, 3.8) is 0 Å². The van der Waals surface area contributed by atoms with Crippen molar-refractivity contribution in [1.82, 2.24) is 19.4 Å². The first kappa shape index (κ1) is 20.4. The summed E-state index contributed by atoms with van der Waals surface area (Å²) in [6.45, 7) is 0.902. The first-order chi connectivity index (χ1) is 15.4. The number of imidazole rings is 1. The maximum Gasteiger partial charge on any atom is 0.404 e. The molecular weight excluding hydrogens is 430 g/mol. The predicted octanol–water partition coefficient (Wildman–Crippen LogP) is 3.49. The van der Waals surface area contributed by atoms with E-state index in [9.17, 15) is 9.59 Å². The van der Waals surface area contributed by atoms with Gasteiger partial charge in [0.2, 0.25) is 0 Å². The van der Waals surface area contributed by atoms with Crippen LogP contribution in [0.25, 0.3) is 32.8 Å². The molecule has 32 heavy (non-hydrogen) atoms. The summed E-state index contributed by atoms with van der Waals surface area (Å²) in [5.74, 6) is 1.18. The predicted molar refractivity (Wildman–Crippen MR) is 122 cm³/mol. The topological polar surface area (TPSA) is 115 Å². The fourth-order valence-electron chi connectivity index (χ4n) is 4.36. The molecule has 0 spiro atoms. The van der Waals surface area contributed by atoms with Crippen LogP contribution in [0.3, 0.4) is 0 Å². The van der Waals surface area contributed by atoms with Gasteiger partial charge in [0.15, 0.2) is 5.82 Å². The molecule has 2 amide bonds. The standard InChI is InChI=1S/C22H23N5O4S/c1-26-18-15(24-19(26)16-8-12-5-7-32-20(12)25-16)9-13(10-17(18)30-2)21(28)27-6-3-4-14(11-27)31-22(23)29/h5,7-10,14,25H,3-4,6,11H2,1-2H3,(H2,23,29)/t14-/m1/s1. The molecule has 4 aromatic rings. The van der Waals surface area contributed by atoms with Gasteiger partial charge in [-0.3, -0.25) is 4.79 Å². The summed E-state index contributed by atoms with van der Waals surface area (Å²) in [5, 5.41) is 3.18. The highest BCUT2D eigenvalue weighted by atomic mass is 32.1. The lowest BCUT2D eigenvalue weighted by Gasteiger charge is -2.32. The van der Waals surface area contributed by atoms with E-state index in [1.807, 2.05) is 17.0 Å². The van der Waals surface area contributed by atoms with E-state index in [1.54, 1.807) is 35.5 Å². The number of benzene rings is 1. The Morgan fingerprint density at radius 3 is 2.91 bits per heavy atom. The molecule has 1 aliphatic rings. The number of rotatable bonds is 4. The Morgan fingerprint density at radius 1 is 1.31 bits per heavy atom. The van der Waals surface area contributed by atoms with Crippen molar-refractivity contribution in [2.75, 3.05) is 20.2 Å². The van der Waals surface area contributed by atoms with Gasteiger partial charge in [-0.05, 0) is 42.5 Å². The van der Waals surface area contributed by atoms with Crippen molar-refractivity contribution in [2.24, 2.45) is 12.8 Å². The van der Waals surface area contributed by atoms with E-state index in [0.717, 1.165) is 33.7 Å². The maximum atomic E-state index is 13.2. The lowest BCUT2D eigenvalue weighted by molar-refractivity contribution is 0.0373. The second-order valence-electron chi connectivity index (χ2n) is 7.88. The second-order valence-corrected chi connectivity index (χ2v) is 8.80. The van der Waals surface area contributed by atoms with Crippen LogP contribution >= 0.6 is 11.3 Å². The van der Waals surface area contributed by atoms with Gasteiger partial charge in [0.05, 0.1) is 24.9 Å². The number of aryl methyl sites for hydroxylation is 1.